The fraction of sp³-hybridized carbons (Fsp3) is 0.333. The fourth-order valence-electron chi connectivity index (χ4n) is 2.96. The van der Waals surface area contributed by atoms with Crippen molar-refractivity contribution in [2.24, 2.45) is 5.92 Å². The van der Waals surface area contributed by atoms with Crippen LogP contribution in [0, 0.1) is 5.92 Å². The van der Waals surface area contributed by atoms with Crippen molar-refractivity contribution in [3.63, 3.8) is 0 Å². The van der Waals surface area contributed by atoms with Crippen molar-refractivity contribution in [2.45, 2.75) is 19.4 Å². The third-order valence-electron chi connectivity index (χ3n) is 4.19. The summed E-state index contributed by atoms with van der Waals surface area (Å²) in [5, 5.41) is 10.1. The number of aliphatic carboxylic acids is 1. The summed E-state index contributed by atoms with van der Waals surface area (Å²) in [5.41, 5.74) is 1.36. The summed E-state index contributed by atoms with van der Waals surface area (Å²) in [4.78, 5) is 28.6. The molecule has 2 unspecified atom stereocenters. The van der Waals surface area contributed by atoms with Gasteiger partial charge in [0.2, 0.25) is 0 Å². The summed E-state index contributed by atoms with van der Waals surface area (Å²) in [6.45, 7) is 2.26. The van der Waals surface area contributed by atoms with Gasteiger partial charge in [0.15, 0.2) is 0 Å². The van der Waals surface area contributed by atoms with Crippen molar-refractivity contribution in [1.29, 1.82) is 0 Å². The summed E-state index contributed by atoms with van der Waals surface area (Å²) in [7, 11) is 0. The molecule has 2 aromatic rings. The number of hydrogen-bond acceptors (Lipinski definition) is 2. The maximum absolute atomic E-state index is 12.7. The molecular weight excluding hydrogens is 336 g/mol. The number of halogens is 1. The number of carbonyl (C=O) groups excluding carboxylic acids is 1. The van der Waals surface area contributed by atoms with E-state index in [4.69, 9.17) is 5.11 Å². The van der Waals surface area contributed by atoms with Crippen LogP contribution >= 0.6 is 15.9 Å². The third kappa shape index (κ3) is 2.23. The molecule has 2 atom stereocenters. The lowest BCUT2D eigenvalue weighted by atomic mass is 10.0. The van der Waals surface area contributed by atoms with E-state index >= 15 is 0 Å². The van der Waals surface area contributed by atoms with Gasteiger partial charge in [0.1, 0.15) is 5.69 Å². The average Bonchev–Trinajstić information content (AvgIpc) is 3.00. The van der Waals surface area contributed by atoms with Crippen LogP contribution in [0.1, 0.15) is 23.8 Å². The molecule has 1 aliphatic rings. The van der Waals surface area contributed by atoms with Crippen molar-refractivity contribution < 1.29 is 14.7 Å². The van der Waals surface area contributed by atoms with E-state index in [1.807, 2.05) is 24.3 Å². The lowest BCUT2D eigenvalue weighted by molar-refractivity contribution is -0.142. The van der Waals surface area contributed by atoms with Crippen LogP contribution in [0.25, 0.3) is 10.9 Å². The molecule has 0 aliphatic carbocycles. The Bertz CT molecular complexity index is 725. The zero-order valence-corrected chi connectivity index (χ0v) is 13.1. The molecule has 0 spiro atoms. The number of amides is 1. The molecule has 2 heterocycles. The van der Waals surface area contributed by atoms with Crippen molar-refractivity contribution in [2.75, 3.05) is 6.54 Å². The van der Waals surface area contributed by atoms with Crippen LogP contribution in [-0.2, 0) is 4.79 Å². The molecule has 21 heavy (non-hydrogen) atoms. The molecule has 1 saturated heterocycles. The second kappa shape index (κ2) is 5.18. The number of benzene rings is 1. The van der Waals surface area contributed by atoms with Crippen LogP contribution in [0.15, 0.2) is 28.7 Å². The highest BCUT2D eigenvalue weighted by Gasteiger charge is 2.39. The van der Waals surface area contributed by atoms with Gasteiger partial charge in [0.25, 0.3) is 5.91 Å². The Morgan fingerprint density at radius 2 is 2.10 bits per heavy atom. The fourth-order valence-corrected chi connectivity index (χ4v) is 3.57. The highest BCUT2D eigenvalue weighted by Crippen LogP contribution is 2.31. The number of rotatable bonds is 2. The lowest BCUT2D eigenvalue weighted by Gasteiger charge is -2.22. The van der Waals surface area contributed by atoms with E-state index in [0.717, 1.165) is 15.4 Å². The number of carboxylic acid groups (broad SMARTS) is 1. The number of carboxylic acids is 1. The molecule has 0 saturated carbocycles. The smallest absolute Gasteiger partial charge is 0.308 e. The summed E-state index contributed by atoms with van der Waals surface area (Å²) >= 11 is 3.47. The standard InChI is InChI=1S/C15H15BrN2O3/c1-8-9(15(20)21)6-7-18(8)14(19)13-12(16)10-4-2-3-5-11(10)17-13/h2-5,8-9,17H,6-7H2,1H3,(H,20,21). The number of nitrogens with one attached hydrogen (secondary N) is 1. The Labute approximate surface area is 130 Å². The first kappa shape index (κ1) is 14.1. The number of fused-ring (bicyclic) bond motifs is 1. The maximum atomic E-state index is 12.7. The number of para-hydroxylation sites is 1. The van der Waals surface area contributed by atoms with Gasteiger partial charge >= 0.3 is 5.97 Å². The van der Waals surface area contributed by atoms with Gasteiger partial charge in [0, 0.05) is 23.5 Å². The normalized spacial score (nSPS) is 21.9. The molecule has 1 amide bonds. The lowest BCUT2D eigenvalue weighted by Crippen LogP contribution is -2.37. The molecule has 1 aliphatic heterocycles. The Kier molecular flexibility index (Phi) is 3.49. The van der Waals surface area contributed by atoms with Gasteiger partial charge in [-0.2, -0.15) is 0 Å². The zero-order valence-electron chi connectivity index (χ0n) is 11.5. The van der Waals surface area contributed by atoms with E-state index in [9.17, 15) is 9.59 Å². The van der Waals surface area contributed by atoms with Gasteiger partial charge in [-0.05, 0) is 35.3 Å². The minimum atomic E-state index is -0.839. The first-order valence-electron chi connectivity index (χ1n) is 6.80. The largest absolute Gasteiger partial charge is 0.481 e. The van der Waals surface area contributed by atoms with E-state index in [2.05, 4.69) is 20.9 Å². The van der Waals surface area contributed by atoms with E-state index in [-0.39, 0.29) is 11.9 Å². The van der Waals surface area contributed by atoms with Gasteiger partial charge < -0.3 is 15.0 Å². The highest BCUT2D eigenvalue weighted by molar-refractivity contribution is 9.10. The molecule has 1 fully saturated rings. The first-order chi connectivity index (χ1) is 10.0. The second-order valence-electron chi connectivity index (χ2n) is 5.33. The second-order valence-corrected chi connectivity index (χ2v) is 6.13. The number of aromatic nitrogens is 1. The SMILES string of the molecule is CC1C(C(=O)O)CCN1C(=O)c1[nH]c2ccccc2c1Br. The monoisotopic (exact) mass is 350 g/mol. The Balaban J connectivity index is 1.94. The number of H-pyrrole nitrogens is 1. The van der Waals surface area contributed by atoms with Crippen molar-refractivity contribution in [3.05, 3.63) is 34.4 Å². The molecule has 5 nitrogen and oxygen atoms in total. The number of hydrogen-bond donors (Lipinski definition) is 2. The minimum absolute atomic E-state index is 0.158. The van der Waals surface area contributed by atoms with Crippen molar-refractivity contribution in [1.82, 2.24) is 9.88 Å². The van der Waals surface area contributed by atoms with Crippen molar-refractivity contribution >= 4 is 38.7 Å². The summed E-state index contributed by atoms with van der Waals surface area (Å²) in [5.74, 6) is -1.49. The Morgan fingerprint density at radius 3 is 2.71 bits per heavy atom. The Hall–Kier alpha value is -1.82. The van der Waals surface area contributed by atoms with Crippen LogP contribution in [0.5, 0.6) is 0 Å². The summed E-state index contributed by atoms with van der Waals surface area (Å²) < 4.78 is 0.731. The number of carbonyl (C=O) groups is 2. The first-order valence-corrected chi connectivity index (χ1v) is 7.60. The van der Waals surface area contributed by atoms with Crippen LogP contribution in [0.2, 0.25) is 0 Å². The number of likely N-dealkylation sites (tertiary alicyclic amines) is 1. The zero-order chi connectivity index (χ0) is 15.1. The van der Waals surface area contributed by atoms with Gasteiger partial charge in [-0.25, -0.2) is 0 Å². The molecular formula is C15H15BrN2O3. The van der Waals surface area contributed by atoms with Gasteiger partial charge in [-0.1, -0.05) is 18.2 Å². The molecule has 3 rings (SSSR count). The van der Waals surface area contributed by atoms with E-state index in [0.29, 0.717) is 18.7 Å². The van der Waals surface area contributed by atoms with Crippen LogP contribution in [0.4, 0.5) is 0 Å². The predicted molar refractivity (Wildman–Crippen MR) is 82.2 cm³/mol. The Morgan fingerprint density at radius 1 is 1.38 bits per heavy atom. The number of nitrogens with zero attached hydrogens (tertiary/aromatic N) is 1. The van der Waals surface area contributed by atoms with Crippen LogP contribution < -0.4 is 0 Å². The van der Waals surface area contributed by atoms with Crippen molar-refractivity contribution in [3.8, 4) is 0 Å². The molecule has 6 heteroatoms. The van der Waals surface area contributed by atoms with Gasteiger partial charge in [0.05, 0.1) is 10.4 Å². The topological polar surface area (TPSA) is 73.4 Å². The molecule has 1 aromatic carbocycles. The number of aromatic amines is 1. The third-order valence-corrected chi connectivity index (χ3v) is 5.01. The summed E-state index contributed by atoms with van der Waals surface area (Å²) in [6.07, 6.45) is 0.500. The van der Waals surface area contributed by atoms with Crippen LogP contribution in [-0.4, -0.2) is 39.5 Å². The summed E-state index contributed by atoms with van der Waals surface area (Å²) in [6, 6.07) is 7.35. The van der Waals surface area contributed by atoms with Gasteiger partial charge in [-0.3, -0.25) is 9.59 Å². The average molecular weight is 351 g/mol. The highest BCUT2D eigenvalue weighted by atomic mass is 79.9. The molecule has 2 N–H and O–H groups in total. The van der Waals surface area contributed by atoms with E-state index < -0.39 is 11.9 Å². The van der Waals surface area contributed by atoms with Crippen LogP contribution in [0.3, 0.4) is 0 Å². The molecule has 110 valence electrons. The van der Waals surface area contributed by atoms with E-state index in [1.54, 1.807) is 11.8 Å². The molecule has 1 aromatic heterocycles. The van der Waals surface area contributed by atoms with Gasteiger partial charge in [-0.15, -0.1) is 0 Å². The quantitative estimate of drug-likeness (QED) is 0.874. The minimum Gasteiger partial charge on any atom is -0.481 e. The molecule has 0 radical (unpaired) electrons. The predicted octanol–water partition coefficient (Wildman–Crippen LogP) is 2.87. The molecule has 0 bridgehead atoms. The maximum Gasteiger partial charge on any atom is 0.308 e. The van der Waals surface area contributed by atoms with E-state index in [1.165, 1.54) is 0 Å².